The molecule has 140 valence electrons. The molecule has 0 amide bonds. The van der Waals surface area contributed by atoms with E-state index in [1.807, 2.05) is 16.7 Å². The first-order valence-electron chi connectivity index (χ1n) is 8.66. The van der Waals surface area contributed by atoms with Crippen molar-refractivity contribution in [2.45, 2.75) is 55.4 Å². The van der Waals surface area contributed by atoms with E-state index in [2.05, 4.69) is 10.2 Å². The van der Waals surface area contributed by atoms with Gasteiger partial charge in [0, 0.05) is 5.92 Å². The first kappa shape index (κ1) is 19.5. The summed E-state index contributed by atoms with van der Waals surface area (Å²) in [5.74, 6) is 0.981. The van der Waals surface area contributed by atoms with Gasteiger partial charge in [-0.15, -0.1) is 10.2 Å². The summed E-state index contributed by atoms with van der Waals surface area (Å²) in [6.07, 6.45) is 5.84. The molecular formula is C18H21Cl2N3O2S. The number of carbonyl (C=O) groups is 1. The van der Waals surface area contributed by atoms with Gasteiger partial charge in [-0.1, -0.05) is 54.2 Å². The third kappa shape index (κ3) is 4.18. The zero-order valence-electron chi connectivity index (χ0n) is 14.7. The molecule has 1 fully saturated rings. The third-order valence-corrected chi connectivity index (χ3v) is 6.37. The van der Waals surface area contributed by atoms with Crippen molar-refractivity contribution in [3.63, 3.8) is 0 Å². The third-order valence-electron chi connectivity index (χ3n) is 4.61. The van der Waals surface area contributed by atoms with Crippen LogP contribution in [0, 0.1) is 0 Å². The van der Waals surface area contributed by atoms with Crippen LogP contribution in [-0.4, -0.2) is 33.1 Å². The van der Waals surface area contributed by atoms with Crippen LogP contribution in [0.5, 0.6) is 0 Å². The lowest BCUT2D eigenvalue weighted by Crippen LogP contribution is -2.16. The molecule has 3 rings (SSSR count). The van der Waals surface area contributed by atoms with Crippen LogP contribution < -0.4 is 0 Å². The summed E-state index contributed by atoms with van der Waals surface area (Å²) in [4.78, 5) is 11.8. The number of benzene rings is 1. The highest BCUT2D eigenvalue weighted by atomic mass is 35.5. The summed E-state index contributed by atoms with van der Waals surface area (Å²) in [7, 11) is 1.39. The molecule has 1 aromatic carbocycles. The Hall–Kier alpha value is -1.24. The van der Waals surface area contributed by atoms with Gasteiger partial charge in [0.15, 0.2) is 5.16 Å². The van der Waals surface area contributed by atoms with E-state index in [1.54, 1.807) is 13.0 Å². The number of esters is 1. The van der Waals surface area contributed by atoms with E-state index in [0.29, 0.717) is 21.1 Å². The highest BCUT2D eigenvalue weighted by Crippen LogP contribution is 2.36. The van der Waals surface area contributed by atoms with Gasteiger partial charge in [0.2, 0.25) is 0 Å². The molecule has 0 radical (unpaired) electrons. The number of hydrogen-bond acceptors (Lipinski definition) is 5. The van der Waals surface area contributed by atoms with Crippen LogP contribution in [0.2, 0.25) is 10.0 Å². The second-order valence-corrected chi connectivity index (χ2v) is 8.52. The monoisotopic (exact) mass is 413 g/mol. The summed E-state index contributed by atoms with van der Waals surface area (Å²) >= 11 is 13.6. The van der Waals surface area contributed by atoms with E-state index >= 15 is 0 Å². The lowest BCUT2D eigenvalue weighted by molar-refractivity contribution is -0.139. The molecule has 2 aromatic rings. The van der Waals surface area contributed by atoms with Gasteiger partial charge in [0.1, 0.15) is 11.1 Å². The molecule has 1 saturated carbocycles. The van der Waals surface area contributed by atoms with Gasteiger partial charge in [-0.3, -0.25) is 9.36 Å². The maximum atomic E-state index is 11.8. The molecule has 1 heterocycles. The van der Waals surface area contributed by atoms with Gasteiger partial charge >= 0.3 is 5.97 Å². The molecule has 0 N–H and O–H groups in total. The van der Waals surface area contributed by atoms with Crippen molar-refractivity contribution < 1.29 is 9.53 Å². The van der Waals surface area contributed by atoms with Crippen molar-refractivity contribution in [3.8, 4) is 5.69 Å². The minimum Gasteiger partial charge on any atom is -0.468 e. The number of carbonyl (C=O) groups excluding carboxylic acids is 1. The second kappa shape index (κ2) is 8.63. The van der Waals surface area contributed by atoms with Crippen molar-refractivity contribution in [1.82, 2.24) is 14.8 Å². The fourth-order valence-electron chi connectivity index (χ4n) is 3.22. The molecule has 0 aliphatic heterocycles. The van der Waals surface area contributed by atoms with Crippen molar-refractivity contribution >= 4 is 40.9 Å². The molecule has 1 atom stereocenters. The zero-order valence-corrected chi connectivity index (χ0v) is 17.1. The maximum Gasteiger partial charge on any atom is 0.318 e. The van der Waals surface area contributed by atoms with E-state index < -0.39 is 0 Å². The number of ether oxygens (including phenoxy) is 1. The number of hydrogen-bond donors (Lipinski definition) is 0. The first-order valence-corrected chi connectivity index (χ1v) is 10.3. The molecule has 0 saturated heterocycles. The Morgan fingerprint density at radius 3 is 2.62 bits per heavy atom. The van der Waals surface area contributed by atoms with Gasteiger partial charge < -0.3 is 4.74 Å². The van der Waals surface area contributed by atoms with Crippen LogP contribution in [0.15, 0.2) is 23.4 Å². The highest BCUT2D eigenvalue weighted by molar-refractivity contribution is 8.00. The van der Waals surface area contributed by atoms with Crippen LogP contribution >= 0.6 is 35.0 Å². The van der Waals surface area contributed by atoms with Crippen molar-refractivity contribution in [2.75, 3.05) is 7.11 Å². The topological polar surface area (TPSA) is 57.0 Å². The number of methoxy groups -OCH3 is 1. The van der Waals surface area contributed by atoms with Crippen LogP contribution in [0.3, 0.4) is 0 Å². The minimum atomic E-state index is -0.384. The average Bonchev–Trinajstić information content (AvgIpc) is 3.07. The van der Waals surface area contributed by atoms with Crippen LogP contribution in [0.4, 0.5) is 0 Å². The Bertz CT molecular complexity index is 791. The fourth-order valence-corrected chi connectivity index (χ4v) is 4.42. The normalized spacial score (nSPS) is 16.5. The van der Waals surface area contributed by atoms with Gasteiger partial charge in [0.25, 0.3) is 0 Å². The SMILES string of the molecule is COC(=O)[C@@H](C)Sc1nnc(C2CCCCC2)n1-c1ccc(Cl)c(Cl)c1. The fraction of sp³-hybridized carbons (Fsp3) is 0.500. The molecule has 1 aliphatic carbocycles. The van der Waals surface area contributed by atoms with E-state index in [-0.39, 0.29) is 11.2 Å². The van der Waals surface area contributed by atoms with Crippen molar-refractivity contribution in [3.05, 3.63) is 34.1 Å². The zero-order chi connectivity index (χ0) is 18.7. The van der Waals surface area contributed by atoms with Crippen molar-refractivity contribution in [1.29, 1.82) is 0 Å². The van der Waals surface area contributed by atoms with Crippen molar-refractivity contribution in [2.24, 2.45) is 0 Å². The summed E-state index contributed by atoms with van der Waals surface area (Å²) in [6, 6.07) is 5.48. The molecule has 1 aliphatic rings. The number of aromatic nitrogens is 3. The van der Waals surface area contributed by atoms with E-state index in [9.17, 15) is 4.79 Å². The summed E-state index contributed by atoms with van der Waals surface area (Å²) < 4.78 is 6.83. The van der Waals surface area contributed by atoms with Crippen LogP contribution in [-0.2, 0) is 9.53 Å². The van der Waals surface area contributed by atoms with Crippen LogP contribution in [0.1, 0.15) is 50.8 Å². The predicted octanol–water partition coefficient (Wildman–Crippen LogP) is 5.28. The van der Waals surface area contributed by atoms with Gasteiger partial charge in [-0.25, -0.2) is 0 Å². The molecule has 1 aromatic heterocycles. The predicted molar refractivity (Wildman–Crippen MR) is 105 cm³/mol. The van der Waals surface area contributed by atoms with Gasteiger partial charge in [-0.2, -0.15) is 0 Å². The highest BCUT2D eigenvalue weighted by Gasteiger charge is 2.26. The summed E-state index contributed by atoms with van der Waals surface area (Å²) in [6.45, 7) is 1.80. The number of nitrogens with zero attached hydrogens (tertiary/aromatic N) is 3. The average molecular weight is 414 g/mol. The van der Waals surface area contributed by atoms with E-state index in [0.717, 1.165) is 24.4 Å². The Kier molecular flexibility index (Phi) is 6.48. The maximum absolute atomic E-state index is 11.8. The largest absolute Gasteiger partial charge is 0.468 e. The number of rotatable bonds is 5. The van der Waals surface area contributed by atoms with Gasteiger partial charge in [0.05, 0.1) is 22.8 Å². The lowest BCUT2D eigenvalue weighted by Gasteiger charge is -2.22. The minimum absolute atomic E-state index is 0.294. The quantitative estimate of drug-likeness (QED) is 0.493. The number of halogens is 2. The molecule has 0 bridgehead atoms. The Labute approximate surface area is 167 Å². The second-order valence-electron chi connectivity index (χ2n) is 6.39. The molecule has 8 heteroatoms. The Morgan fingerprint density at radius 2 is 1.96 bits per heavy atom. The molecule has 0 spiro atoms. The van der Waals surface area contributed by atoms with Gasteiger partial charge in [-0.05, 0) is 38.0 Å². The molecular weight excluding hydrogens is 393 g/mol. The molecule has 0 unspecified atom stereocenters. The standard InChI is InChI=1S/C18H21Cl2N3O2S/c1-11(17(24)25-2)26-18-22-21-16(12-6-4-3-5-7-12)23(18)13-8-9-14(19)15(20)10-13/h8-12H,3-7H2,1-2H3/t11-/m1/s1. The van der Waals surface area contributed by atoms with Crippen LogP contribution in [0.25, 0.3) is 5.69 Å². The molecule has 5 nitrogen and oxygen atoms in total. The smallest absolute Gasteiger partial charge is 0.318 e. The Morgan fingerprint density at radius 1 is 1.23 bits per heavy atom. The Balaban J connectivity index is 2.02. The number of thioether (sulfide) groups is 1. The van der Waals surface area contributed by atoms with E-state index in [4.69, 9.17) is 27.9 Å². The molecule has 26 heavy (non-hydrogen) atoms. The summed E-state index contributed by atoms with van der Waals surface area (Å²) in [5, 5.41) is 10.1. The summed E-state index contributed by atoms with van der Waals surface area (Å²) in [5.41, 5.74) is 0.851. The first-order chi connectivity index (χ1) is 12.5. The van der Waals surface area contributed by atoms with E-state index in [1.165, 1.54) is 38.1 Å². The lowest BCUT2D eigenvalue weighted by atomic mass is 9.88.